The monoisotopic (exact) mass is 494 g/mol. The predicted molar refractivity (Wildman–Crippen MR) is 134 cm³/mol. The number of thioether (sulfide) groups is 1. The molecule has 0 aliphatic carbocycles. The van der Waals surface area contributed by atoms with E-state index in [1.165, 1.54) is 33.2 Å². The number of ether oxygens (including phenoxy) is 2. The van der Waals surface area contributed by atoms with Gasteiger partial charge in [-0.25, -0.2) is 18.7 Å². The summed E-state index contributed by atoms with van der Waals surface area (Å²) in [5.74, 6) is 0.493. The van der Waals surface area contributed by atoms with E-state index in [2.05, 4.69) is 15.1 Å². The Hall–Kier alpha value is -3.86. The van der Waals surface area contributed by atoms with Gasteiger partial charge >= 0.3 is 5.69 Å². The molecule has 0 aliphatic heterocycles. The van der Waals surface area contributed by atoms with Crippen molar-refractivity contribution in [1.82, 2.24) is 28.9 Å². The van der Waals surface area contributed by atoms with E-state index in [0.717, 1.165) is 16.8 Å². The summed E-state index contributed by atoms with van der Waals surface area (Å²) in [6.07, 6.45) is 6.79. The maximum atomic E-state index is 15.2. The Kier molecular flexibility index (Phi) is 5.72. The largest absolute Gasteiger partial charge is 0.496 e. The van der Waals surface area contributed by atoms with Crippen LogP contribution in [0.1, 0.15) is 5.69 Å². The average Bonchev–Trinajstić information content (AvgIpc) is 3.31. The summed E-state index contributed by atoms with van der Waals surface area (Å²) in [6, 6.07) is 4.94. The van der Waals surface area contributed by atoms with Crippen molar-refractivity contribution in [3.8, 4) is 28.4 Å². The molecule has 0 N–H and O–H groups in total. The highest BCUT2D eigenvalue weighted by Gasteiger charge is 2.22. The minimum absolute atomic E-state index is 0.112. The number of pyridine rings is 2. The quantitative estimate of drug-likeness (QED) is 0.332. The summed E-state index contributed by atoms with van der Waals surface area (Å²) in [5.41, 5.74) is 3.70. The highest BCUT2D eigenvalue weighted by atomic mass is 32.2. The molecule has 0 amide bonds. The molecule has 0 unspecified atom stereocenters. The first-order valence-corrected chi connectivity index (χ1v) is 12.1. The number of aryl methyl sites for hydroxylation is 3. The molecule has 0 aliphatic rings. The van der Waals surface area contributed by atoms with E-state index in [-0.39, 0.29) is 5.82 Å². The molecule has 0 radical (unpaired) electrons. The Bertz CT molecular complexity index is 1660. The second-order valence-electron chi connectivity index (χ2n) is 8.07. The minimum atomic E-state index is -0.667. The summed E-state index contributed by atoms with van der Waals surface area (Å²) in [7, 11) is 5.06. The maximum Gasteiger partial charge on any atom is 0.334 e. The summed E-state index contributed by atoms with van der Waals surface area (Å²) >= 11 is 1.46. The van der Waals surface area contributed by atoms with Gasteiger partial charge in [-0.15, -0.1) is 11.8 Å². The fraction of sp³-hybridized carbons (Fsp3) is 0.250. The summed E-state index contributed by atoms with van der Waals surface area (Å²) in [4.78, 5) is 22.1. The van der Waals surface area contributed by atoms with Crippen LogP contribution in [0.4, 0.5) is 4.39 Å². The van der Waals surface area contributed by atoms with E-state index in [9.17, 15) is 4.79 Å². The first-order chi connectivity index (χ1) is 16.8. The van der Waals surface area contributed by atoms with Gasteiger partial charge in [0.25, 0.3) is 0 Å². The van der Waals surface area contributed by atoms with Crippen molar-refractivity contribution in [2.45, 2.75) is 6.92 Å². The smallest absolute Gasteiger partial charge is 0.334 e. The van der Waals surface area contributed by atoms with Crippen molar-refractivity contribution in [2.75, 3.05) is 19.3 Å². The lowest BCUT2D eigenvalue weighted by Crippen LogP contribution is -2.22. The molecule has 0 spiro atoms. The van der Waals surface area contributed by atoms with Crippen LogP contribution in [0.5, 0.6) is 11.5 Å². The third kappa shape index (κ3) is 3.72. The zero-order chi connectivity index (χ0) is 24.9. The van der Waals surface area contributed by atoms with Gasteiger partial charge in [-0.05, 0) is 19.2 Å². The molecule has 11 heteroatoms. The number of halogens is 1. The lowest BCUT2D eigenvalue weighted by Gasteiger charge is -2.12. The molecule has 0 fully saturated rings. The molecule has 0 saturated carbocycles. The van der Waals surface area contributed by atoms with Crippen LogP contribution < -0.4 is 15.2 Å². The Morgan fingerprint density at radius 3 is 2.57 bits per heavy atom. The second kappa shape index (κ2) is 8.73. The van der Waals surface area contributed by atoms with Gasteiger partial charge in [-0.3, -0.25) is 14.2 Å². The van der Waals surface area contributed by atoms with E-state index in [4.69, 9.17) is 9.47 Å². The van der Waals surface area contributed by atoms with Crippen molar-refractivity contribution in [1.29, 1.82) is 0 Å². The number of methoxy groups -OCH3 is 1. The molecular weight excluding hydrogens is 471 g/mol. The SMILES string of the molecule is COc1cc2ncc3c(c2cc1-c1cn(C)nc1C)n(-c1ncc(OCSC)cc1F)c(=O)n3C. The molecule has 4 aromatic heterocycles. The third-order valence-corrected chi connectivity index (χ3v) is 6.21. The van der Waals surface area contributed by atoms with Gasteiger partial charge in [0.05, 0.1) is 41.7 Å². The van der Waals surface area contributed by atoms with Crippen molar-refractivity contribution in [3.05, 3.63) is 58.8 Å². The van der Waals surface area contributed by atoms with E-state index in [1.54, 1.807) is 25.0 Å². The predicted octanol–water partition coefficient (Wildman–Crippen LogP) is 3.83. The molecule has 4 heterocycles. The number of aromatic nitrogens is 6. The van der Waals surface area contributed by atoms with Crippen LogP contribution in [0.2, 0.25) is 0 Å². The molecule has 0 atom stereocenters. The Morgan fingerprint density at radius 1 is 1.11 bits per heavy atom. The minimum Gasteiger partial charge on any atom is -0.496 e. The normalized spacial score (nSPS) is 11.5. The van der Waals surface area contributed by atoms with E-state index in [0.29, 0.717) is 39.4 Å². The Labute approximate surface area is 204 Å². The number of rotatable bonds is 6. The van der Waals surface area contributed by atoms with Gasteiger partial charge in [0.1, 0.15) is 17.4 Å². The molecular formula is C24H23FN6O3S. The Balaban J connectivity index is 1.83. The number of benzene rings is 1. The zero-order valence-electron chi connectivity index (χ0n) is 19.9. The second-order valence-corrected chi connectivity index (χ2v) is 8.88. The fourth-order valence-corrected chi connectivity index (χ4v) is 4.50. The van der Waals surface area contributed by atoms with Crippen molar-refractivity contribution < 1.29 is 13.9 Å². The lowest BCUT2D eigenvalue weighted by atomic mass is 10.0. The fourth-order valence-electron chi connectivity index (χ4n) is 4.25. The van der Waals surface area contributed by atoms with Gasteiger partial charge in [0.15, 0.2) is 11.6 Å². The first kappa shape index (κ1) is 22.9. The topological polar surface area (TPSA) is 89.0 Å². The van der Waals surface area contributed by atoms with Crippen molar-refractivity contribution >= 4 is 33.7 Å². The van der Waals surface area contributed by atoms with Crippen LogP contribution in [0, 0.1) is 12.7 Å². The number of hydrogen-bond donors (Lipinski definition) is 0. The first-order valence-electron chi connectivity index (χ1n) is 10.7. The van der Waals surface area contributed by atoms with Crippen LogP contribution in [0.15, 0.2) is 41.6 Å². The Morgan fingerprint density at radius 2 is 1.91 bits per heavy atom. The van der Waals surface area contributed by atoms with Gasteiger partial charge in [0, 0.05) is 48.9 Å². The third-order valence-electron chi connectivity index (χ3n) is 5.86. The van der Waals surface area contributed by atoms with E-state index >= 15 is 4.39 Å². The van der Waals surface area contributed by atoms with E-state index < -0.39 is 11.5 Å². The number of nitrogens with zero attached hydrogens (tertiary/aromatic N) is 6. The molecule has 35 heavy (non-hydrogen) atoms. The van der Waals surface area contributed by atoms with Gasteiger partial charge < -0.3 is 9.47 Å². The number of fused-ring (bicyclic) bond motifs is 3. The zero-order valence-corrected chi connectivity index (χ0v) is 20.7. The summed E-state index contributed by atoms with van der Waals surface area (Å²) < 4.78 is 30.8. The molecule has 1 aromatic carbocycles. The lowest BCUT2D eigenvalue weighted by molar-refractivity contribution is 0.388. The molecule has 0 saturated heterocycles. The number of hydrogen-bond acceptors (Lipinski definition) is 7. The van der Waals surface area contributed by atoms with E-state index in [1.807, 2.05) is 38.6 Å². The van der Waals surface area contributed by atoms with Gasteiger partial charge in [-0.2, -0.15) is 5.10 Å². The highest BCUT2D eigenvalue weighted by molar-refractivity contribution is 7.98. The standard InChI is InChI=1S/C24H23FN6O3S/c1-13-17(11-29(2)28-13)15-7-16-19(8-21(15)33-4)26-10-20-22(16)31(24(32)30(20)3)23-18(25)6-14(9-27-23)34-12-35-5/h6-11H,12H2,1-5H3. The average molecular weight is 495 g/mol. The van der Waals surface area contributed by atoms with Crippen LogP contribution in [-0.2, 0) is 14.1 Å². The molecule has 9 nitrogen and oxygen atoms in total. The van der Waals surface area contributed by atoms with Crippen LogP contribution in [0.3, 0.4) is 0 Å². The van der Waals surface area contributed by atoms with Crippen LogP contribution >= 0.6 is 11.8 Å². The molecule has 180 valence electrons. The van der Waals surface area contributed by atoms with Crippen molar-refractivity contribution in [2.24, 2.45) is 14.1 Å². The van der Waals surface area contributed by atoms with Crippen LogP contribution in [-0.4, -0.2) is 48.2 Å². The summed E-state index contributed by atoms with van der Waals surface area (Å²) in [5, 5.41) is 5.10. The van der Waals surface area contributed by atoms with Gasteiger partial charge in [-0.1, -0.05) is 0 Å². The van der Waals surface area contributed by atoms with Crippen molar-refractivity contribution in [3.63, 3.8) is 0 Å². The summed E-state index contributed by atoms with van der Waals surface area (Å²) in [6.45, 7) is 1.91. The maximum absolute atomic E-state index is 15.2. The van der Waals surface area contributed by atoms with Gasteiger partial charge in [0.2, 0.25) is 0 Å². The highest BCUT2D eigenvalue weighted by Crippen LogP contribution is 2.37. The van der Waals surface area contributed by atoms with Crippen LogP contribution in [0.25, 0.3) is 38.9 Å². The molecule has 5 aromatic rings. The molecule has 5 rings (SSSR count). The molecule has 0 bridgehead atoms. The number of imidazole rings is 1.